The number of amides is 2. The molecule has 10 heteroatoms. The summed E-state index contributed by atoms with van der Waals surface area (Å²) in [5.41, 5.74) is 1.59. The molecular weight excluding hydrogens is 446 g/mol. The summed E-state index contributed by atoms with van der Waals surface area (Å²) in [5, 5.41) is 5.60. The third-order valence-corrected chi connectivity index (χ3v) is 7.84. The number of nitrogens with zero attached hydrogens (tertiary/aromatic N) is 1. The van der Waals surface area contributed by atoms with Gasteiger partial charge in [-0.3, -0.25) is 9.59 Å². The Morgan fingerprint density at radius 3 is 2.70 bits per heavy atom. The number of hydrogen-bond acceptors (Lipinski definition) is 6. The first-order chi connectivity index (χ1) is 15.8. The van der Waals surface area contributed by atoms with Gasteiger partial charge in [-0.15, -0.1) is 0 Å². The number of hydrogen-bond donors (Lipinski definition) is 2. The van der Waals surface area contributed by atoms with Gasteiger partial charge in [0.25, 0.3) is 5.91 Å². The lowest BCUT2D eigenvalue weighted by atomic mass is 9.97. The summed E-state index contributed by atoms with van der Waals surface area (Å²) < 4.78 is 39.0. The second-order valence-corrected chi connectivity index (χ2v) is 9.95. The summed E-state index contributed by atoms with van der Waals surface area (Å²) in [4.78, 5) is 24.5. The van der Waals surface area contributed by atoms with Crippen LogP contribution in [0, 0.1) is 12.8 Å². The number of para-hydroxylation sites is 2. The molecule has 9 nitrogen and oxygen atoms in total. The minimum Gasteiger partial charge on any atom is -0.492 e. The van der Waals surface area contributed by atoms with Crippen LogP contribution in [0.4, 0.5) is 11.4 Å². The summed E-state index contributed by atoms with van der Waals surface area (Å²) in [5.74, 6) is 0.222. The van der Waals surface area contributed by atoms with Crippen molar-refractivity contribution >= 4 is 33.2 Å². The lowest BCUT2D eigenvalue weighted by molar-refractivity contribution is -0.121. The van der Waals surface area contributed by atoms with Gasteiger partial charge in [-0.25, -0.2) is 8.42 Å². The van der Waals surface area contributed by atoms with Crippen molar-refractivity contribution in [3.63, 3.8) is 0 Å². The van der Waals surface area contributed by atoms with Crippen LogP contribution in [-0.2, 0) is 19.6 Å². The number of fused-ring (bicyclic) bond motifs is 1. The van der Waals surface area contributed by atoms with Crippen molar-refractivity contribution in [3.05, 3.63) is 42.0 Å². The molecule has 176 valence electrons. The average molecular weight is 474 g/mol. The number of anilines is 2. The van der Waals surface area contributed by atoms with Crippen LogP contribution in [0.25, 0.3) is 0 Å². The van der Waals surface area contributed by atoms with Crippen molar-refractivity contribution in [2.24, 2.45) is 5.92 Å². The molecule has 0 aliphatic carbocycles. The largest absolute Gasteiger partial charge is 0.492 e. The van der Waals surface area contributed by atoms with E-state index in [1.165, 1.54) is 10.4 Å². The van der Waals surface area contributed by atoms with Gasteiger partial charge >= 0.3 is 0 Å². The van der Waals surface area contributed by atoms with Gasteiger partial charge in [-0.05, 0) is 50.5 Å². The molecule has 1 saturated heterocycles. The standard InChI is InChI=1S/C23H27N3O6S/c1-3-31-19-7-5-4-6-17(19)25-23(28)16-8-10-26(11-9-16)33(29,30)21-13-20-18(12-15(21)2)24-22(27)14-32-20/h4-7,12-13,16H,3,8-11,14H2,1-2H3,(H,24,27)(H,25,28). The van der Waals surface area contributed by atoms with Crippen LogP contribution < -0.4 is 20.1 Å². The molecule has 0 unspecified atom stereocenters. The first-order valence-electron chi connectivity index (χ1n) is 10.9. The van der Waals surface area contributed by atoms with Crippen LogP contribution in [-0.4, -0.2) is 50.8 Å². The Bertz CT molecular complexity index is 1170. The number of sulfonamides is 1. The first kappa shape index (κ1) is 23.1. The quantitative estimate of drug-likeness (QED) is 0.667. The maximum Gasteiger partial charge on any atom is 0.262 e. The molecule has 2 amide bonds. The van der Waals surface area contributed by atoms with Crippen LogP contribution in [0.3, 0.4) is 0 Å². The number of rotatable bonds is 6. The molecule has 0 saturated carbocycles. The summed E-state index contributed by atoms with van der Waals surface area (Å²) in [7, 11) is -3.77. The second-order valence-electron chi connectivity index (χ2n) is 8.05. The fourth-order valence-corrected chi connectivity index (χ4v) is 5.77. The Balaban J connectivity index is 1.43. The molecule has 2 aromatic rings. The molecule has 0 atom stereocenters. The van der Waals surface area contributed by atoms with E-state index in [0.717, 1.165) is 0 Å². The first-order valence-corrected chi connectivity index (χ1v) is 12.3. The van der Waals surface area contributed by atoms with Crippen molar-refractivity contribution in [2.45, 2.75) is 31.6 Å². The molecule has 2 aliphatic rings. The summed E-state index contributed by atoms with van der Waals surface area (Å²) >= 11 is 0. The SMILES string of the molecule is CCOc1ccccc1NC(=O)C1CCN(S(=O)(=O)c2cc3c(cc2C)NC(=O)CO3)CC1. The van der Waals surface area contributed by atoms with Gasteiger partial charge in [-0.1, -0.05) is 12.1 Å². The summed E-state index contributed by atoms with van der Waals surface area (Å²) in [6, 6.07) is 10.3. The van der Waals surface area contributed by atoms with E-state index in [9.17, 15) is 18.0 Å². The van der Waals surface area contributed by atoms with Crippen molar-refractivity contribution in [1.82, 2.24) is 4.31 Å². The van der Waals surface area contributed by atoms with Crippen LogP contribution in [0.15, 0.2) is 41.3 Å². The molecule has 0 bridgehead atoms. The van der Waals surface area contributed by atoms with Gasteiger partial charge in [0.2, 0.25) is 15.9 Å². The molecule has 2 aromatic carbocycles. The van der Waals surface area contributed by atoms with Gasteiger partial charge in [0, 0.05) is 25.1 Å². The van der Waals surface area contributed by atoms with Gasteiger partial charge in [-0.2, -0.15) is 4.31 Å². The number of nitrogens with one attached hydrogen (secondary N) is 2. The fraction of sp³-hybridized carbons (Fsp3) is 0.391. The highest BCUT2D eigenvalue weighted by Gasteiger charge is 2.34. The maximum atomic E-state index is 13.3. The van der Waals surface area contributed by atoms with Crippen LogP contribution in [0.5, 0.6) is 11.5 Å². The summed E-state index contributed by atoms with van der Waals surface area (Å²) in [6.45, 7) is 4.37. The Labute approximate surface area is 193 Å². The lowest BCUT2D eigenvalue weighted by Gasteiger charge is -2.31. The van der Waals surface area contributed by atoms with Crippen LogP contribution in [0.2, 0.25) is 0 Å². The number of carbonyl (C=O) groups is 2. The Morgan fingerprint density at radius 2 is 1.97 bits per heavy atom. The van der Waals surface area contributed by atoms with Gasteiger partial charge in [0.1, 0.15) is 11.5 Å². The van der Waals surface area contributed by atoms with E-state index in [2.05, 4.69) is 10.6 Å². The smallest absolute Gasteiger partial charge is 0.262 e. The van der Waals surface area contributed by atoms with Gasteiger partial charge < -0.3 is 20.1 Å². The monoisotopic (exact) mass is 473 g/mol. The van der Waals surface area contributed by atoms with E-state index in [4.69, 9.17) is 9.47 Å². The number of ether oxygens (including phenoxy) is 2. The predicted octanol–water partition coefficient (Wildman–Crippen LogP) is 2.76. The molecule has 4 rings (SSSR count). The fourth-order valence-electron chi connectivity index (χ4n) is 4.08. The number of carbonyl (C=O) groups excluding carboxylic acids is 2. The van der Waals surface area contributed by atoms with E-state index in [1.807, 2.05) is 19.1 Å². The highest BCUT2D eigenvalue weighted by molar-refractivity contribution is 7.89. The minimum atomic E-state index is -3.77. The Morgan fingerprint density at radius 1 is 1.24 bits per heavy atom. The van der Waals surface area contributed by atoms with E-state index in [-0.39, 0.29) is 42.3 Å². The highest BCUT2D eigenvalue weighted by Crippen LogP contribution is 2.35. The molecule has 33 heavy (non-hydrogen) atoms. The van der Waals surface area contributed by atoms with Crippen molar-refractivity contribution in [1.29, 1.82) is 0 Å². The van der Waals surface area contributed by atoms with E-state index < -0.39 is 10.0 Å². The number of benzene rings is 2. The second kappa shape index (κ2) is 9.40. The van der Waals surface area contributed by atoms with Gasteiger partial charge in [0.15, 0.2) is 6.61 Å². The zero-order valence-corrected chi connectivity index (χ0v) is 19.4. The summed E-state index contributed by atoms with van der Waals surface area (Å²) in [6.07, 6.45) is 0.830. The number of piperidine rings is 1. The zero-order valence-electron chi connectivity index (χ0n) is 18.6. The van der Waals surface area contributed by atoms with Crippen molar-refractivity contribution < 1.29 is 27.5 Å². The molecular formula is C23H27N3O6S. The molecule has 2 heterocycles. The number of aryl methyl sites for hydroxylation is 1. The van der Waals surface area contributed by atoms with Crippen molar-refractivity contribution in [3.8, 4) is 11.5 Å². The molecule has 1 fully saturated rings. The van der Waals surface area contributed by atoms with Crippen molar-refractivity contribution in [2.75, 3.05) is 36.9 Å². The average Bonchev–Trinajstić information content (AvgIpc) is 2.80. The maximum absolute atomic E-state index is 13.3. The third kappa shape index (κ3) is 4.81. The Hall–Kier alpha value is -3.11. The predicted molar refractivity (Wildman–Crippen MR) is 123 cm³/mol. The minimum absolute atomic E-state index is 0.144. The zero-order chi connectivity index (χ0) is 23.6. The molecule has 2 aliphatic heterocycles. The topological polar surface area (TPSA) is 114 Å². The molecule has 0 radical (unpaired) electrons. The van der Waals surface area contributed by atoms with E-state index in [1.54, 1.807) is 25.1 Å². The lowest BCUT2D eigenvalue weighted by Crippen LogP contribution is -2.41. The molecule has 2 N–H and O–H groups in total. The molecule has 0 aromatic heterocycles. The van der Waals surface area contributed by atoms with Crippen LogP contribution in [0.1, 0.15) is 25.3 Å². The Kier molecular flexibility index (Phi) is 6.57. The van der Waals surface area contributed by atoms with Gasteiger partial charge in [0.05, 0.1) is 22.9 Å². The molecule has 0 spiro atoms. The van der Waals surface area contributed by atoms with E-state index >= 15 is 0 Å². The third-order valence-electron chi connectivity index (χ3n) is 5.80. The normalized spacial score (nSPS) is 17.0. The van der Waals surface area contributed by atoms with Crippen LogP contribution >= 0.6 is 0 Å². The van der Waals surface area contributed by atoms with E-state index in [0.29, 0.717) is 47.9 Å². The highest BCUT2D eigenvalue weighted by atomic mass is 32.2.